The molecule has 164 valence electrons. The Morgan fingerprint density at radius 2 is 1.93 bits per heavy atom. The van der Waals surface area contributed by atoms with E-state index in [0.717, 1.165) is 12.0 Å². The van der Waals surface area contributed by atoms with Crippen LogP contribution in [-0.4, -0.2) is 48.2 Å². The predicted octanol–water partition coefficient (Wildman–Crippen LogP) is 3.21. The van der Waals surface area contributed by atoms with E-state index in [1.807, 2.05) is 51.1 Å². The fourth-order valence-corrected chi connectivity index (χ4v) is 3.78. The van der Waals surface area contributed by atoms with Gasteiger partial charge in [0.25, 0.3) is 5.91 Å². The van der Waals surface area contributed by atoms with E-state index < -0.39 is 17.7 Å². The van der Waals surface area contributed by atoms with E-state index in [2.05, 4.69) is 16.7 Å². The van der Waals surface area contributed by atoms with Crippen molar-refractivity contribution in [3.05, 3.63) is 35.9 Å². The maximum Gasteiger partial charge on any atom is 0.408 e. The summed E-state index contributed by atoms with van der Waals surface area (Å²) in [5.74, 6) is -0.112. The summed E-state index contributed by atoms with van der Waals surface area (Å²) in [6.45, 7) is 8.13. The molecule has 7 nitrogen and oxygen atoms in total. The summed E-state index contributed by atoms with van der Waals surface area (Å²) in [5, 5.41) is 15.9. The van der Waals surface area contributed by atoms with Gasteiger partial charge in [0.05, 0.1) is 6.07 Å². The number of nitrogens with zero attached hydrogens (tertiary/aromatic N) is 2. The number of ether oxygens (including phenoxy) is 1. The van der Waals surface area contributed by atoms with Crippen molar-refractivity contribution in [2.24, 2.45) is 5.92 Å². The molecule has 2 rings (SSSR count). The molecule has 1 heterocycles. The van der Waals surface area contributed by atoms with Gasteiger partial charge in [0.15, 0.2) is 6.10 Å². The summed E-state index contributed by atoms with van der Waals surface area (Å²) in [5.41, 5.74) is 0.101. The molecule has 1 aromatic carbocycles. The van der Waals surface area contributed by atoms with Crippen LogP contribution in [0.4, 0.5) is 4.79 Å². The zero-order valence-electron chi connectivity index (χ0n) is 18.3. The van der Waals surface area contributed by atoms with Crippen LogP contribution in [0.5, 0.6) is 0 Å². The molecule has 0 saturated carbocycles. The van der Waals surface area contributed by atoms with Crippen molar-refractivity contribution < 1.29 is 14.3 Å². The molecule has 2 N–H and O–H groups in total. The van der Waals surface area contributed by atoms with Crippen molar-refractivity contribution in [3.63, 3.8) is 0 Å². The van der Waals surface area contributed by atoms with Crippen molar-refractivity contribution in [3.8, 4) is 6.07 Å². The molecular formula is C23H34N4O3. The maximum absolute atomic E-state index is 13.5. The second-order valence-corrected chi connectivity index (χ2v) is 8.25. The van der Waals surface area contributed by atoms with Gasteiger partial charge in [0.2, 0.25) is 0 Å². The molecule has 0 aliphatic carbocycles. The number of amides is 2. The Labute approximate surface area is 179 Å². The Hall–Kier alpha value is -2.59. The SMILES string of the molecule is CCCN(C(=O)C(CC(C)C)OC(=O)NCc1ccccc1)C1(C#N)CCNCC1. The van der Waals surface area contributed by atoms with E-state index in [1.54, 1.807) is 4.90 Å². The van der Waals surface area contributed by atoms with Crippen LogP contribution in [-0.2, 0) is 16.1 Å². The highest BCUT2D eigenvalue weighted by Crippen LogP contribution is 2.28. The third-order valence-electron chi connectivity index (χ3n) is 5.36. The van der Waals surface area contributed by atoms with E-state index >= 15 is 0 Å². The number of benzene rings is 1. The highest BCUT2D eigenvalue weighted by atomic mass is 16.6. The summed E-state index contributed by atoms with van der Waals surface area (Å²) in [4.78, 5) is 27.6. The van der Waals surface area contributed by atoms with Crippen molar-refractivity contribution in [1.82, 2.24) is 15.5 Å². The Morgan fingerprint density at radius 3 is 2.50 bits per heavy atom. The largest absolute Gasteiger partial charge is 0.436 e. The molecule has 1 aliphatic rings. The minimum absolute atomic E-state index is 0.162. The topological polar surface area (TPSA) is 94.5 Å². The Balaban J connectivity index is 2.13. The number of piperidine rings is 1. The van der Waals surface area contributed by atoms with Crippen LogP contribution in [0, 0.1) is 17.2 Å². The average molecular weight is 415 g/mol. The Kier molecular flexibility index (Phi) is 9.13. The van der Waals surface area contributed by atoms with Crippen molar-refractivity contribution in [2.45, 2.75) is 64.6 Å². The molecule has 1 unspecified atom stereocenters. The molecule has 0 spiro atoms. The van der Waals surface area contributed by atoms with E-state index in [1.165, 1.54) is 0 Å². The van der Waals surface area contributed by atoms with Crippen molar-refractivity contribution in [2.75, 3.05) is 19.6 Å². The van der Waals surface area contributed by atoms with Gasteiger partial charge in [-0.1, -0.05) is 51.1 Å². The molecule has 1 aliphatic heterocycles. The summed E-state index contributed by atoms with van der Waals surface area (Å²) in [7, 11) is 0. The second-order valence-electron chi connectivity index (χ2n) is 8.25. The van der Waals surface area contributed by atoms with Crippen LogP contribution in [0.15, 0.2) is 30.3 Å². The molecule has 1 fully saturated rings. The Morgan fingerprint density at radius 1 is 1.27 bits per heavy atom. The lowest BCUT2D eigenvalue weighted by atomic mass is 9.86. The smallest absolute Gasteiger partial charge is 0.408 e. The van der Waals surface area contributed by atoms with Crippen LogP contribution in [0.2, 0.25) is 0 Å². The fourth-order valence-electron chi connectivity index (χ4n) is 3.78. The van der Waals surface area contributed by atoms with Gasteiger partial charge >= 0.3 is 6.09 Å². The minimum Gasteiger partial charge on any atom is -0.436 e. The number of hydrogen-bond acceptors (Lipinski definition) is 5. The molecule has 0 radical (unpaired) electrons. The molecule has 1 saturated heterocycles. The van der Waals surface area contributed by atoms with Gasteiger partial charge in [-0.3, -0.25) is 4.79 Å². The van der Waals surface area contributed by atoms with Gasteiger partial charge in [-0.15, -0.1) is 0 Å². The van der Waals surface area contributed by atoms with E-state index in [4.69, 9.17) is 4.74 Å². The van der Waals surface area contributed by atoms with Crippen LogP contribution in [0.3, 0.4) is 0 Å². The maximum atomic E-state index is 13.5. The molecule has 2 amide bonds. The van der Waals surface area contributed by atoms with Crippen molar-refractivity contribution in [1.29, 1.82) is 5.26 Å². The van der Waals surface area contributed by atoms with Crippen LogP contribution in [0.25, 0.3) is 0 Å². The van der Waals surface area contributed by atoms with Gasteiger partial charge in [-0.25, -0.2) is 4.79 Å². The standard InChI is InChI=1S/C23H34N4O3/c1-4-14-27(23(17-24)10-12-25-13-11-23)21(28)20(15-18(2)3)30-22(29)26-16-19-8-6-5-7-9-19/h5-9,18,20,25H,4,10-16H2,1-3H3,(H,26,29). The van der Waals surface area contributed by atoms with Crippen LogP contribution >= 0.6 is 0 Å². The van der Waals surface area contributed by atoms with Gasteiger partial charge in [0, 0.05) is 13.1 Å². The number of rotatable bonds is 9. The van der Waals surface area contributed by atoms with Gasteiger partial charge in [0.1, 0.15) is 5.54 Å². The molecular weight excluding hydrogens is 380 g/mol. The van der Waals surface area contributed by atoms with E-state index in [9.17, 15) is 14.9 Å². The molecule has 1 aromatic rings. The zero-order valence-corrected chi connectivity index (χ0v) is 18.3. The number of nitrogens with one attached hydrogen (secondary N) is 2. The summed E-state index contributed by atoms with van der Waals surface area (Å²) in [6.07, 6.45) is 0.765. The van der Waals surface area contributed by atoms with Crippen LogP contribution < -0.4 is 10.6 Å². The highest BCUT2D eigenvalue weighted by Gasteiger charge is 2.43. The molecule has 30 heavy (non-hydrogen) atoms. The Bertz CT molecular complexity index is 724. The number of nitriles is 1. The number of carbonyl (C=O) groups excluding carboxylic acids is 2. The lowest BCUT2D eigenvalue weighted by molar-refractivity contribution is -0.146. The molecule has 7 heteroatoms. The minimum atomic E-state index is -0.910. The number of hydrogen-bond donors (Lipinski definition) is 2. The first kappa shape index (κ1) is 23.7. The number of carbonyl (C=O) groups is 2. The monoisotopic (exact) mass is 414 g/mol. The second kappa shape index (κ2) is 11.6. The molecule has 1 atom stereocenters. The molecule has 0 aromatic heterocycles. The van der Waals surface area contributed by atoms with Crippen LogP contribution in [0.1, 0.15) is 52.0 Å². The van der Waals surface area contributed by atoms with E-state index in [0.29, 0.717) is 45.4 Å². The van der Waals surface area contributed by atoms with E-state index in [-0.39, 0.29) is 11.8 Å². The first-order chi connectivity index (χ1) is 14.4. The predicted molar refractivity (Wildman–Crippen MR) is 115 cm³/mol. The zero-order chi connectivity index (χ0) is 22.0. The average Bonchev–Trinajstić information content (AvgIpc) is 2.76. The van der Waals surface area contributed by atoms with Gasteiger partial charge < -0.3 is 20.3 Å². The summed E-state index contributed by atoms with van der Waals surface area (Å²) < 4.78 is 5.59. The summed E-state index contributed by atoms with van der Waals surface area (Å²) >= 11 is 0. The van der Waals surface area contributed by atoms with Gasteiger partial charge in [-0.05, 0) is 50.3 Å². The first-order valence-corrected chi connectivity index (χ1v) is 10.8. The fraction of sp³-hybridized carbons (Fsp3) is 0.609. The quantitative estimate of drug-likeness (QED) is 0.647. The highest BCUT2D eigenvalue weighted by molar-refractivity contribution is 5.84. The first-order valence-electron chi connectivity index (χ1n) is 10.8. The normalized spacial score (nSPS) is 16.4. The molecule has 0 bridgehead atoms. The number of alkyl carbamates (subject to hydrolysis) is 1. The third kappa shape index (κ3) is 6.46. The van der Waals surface area contributed by atoms with Crippen molar-refractivity contribution >= 4 is 12.0 Å². The van der Waals surface area contributed by atoms with Gasteiger partial charge in [-0.2, -0.15) is 5.26 Å². The summed E-state index contributed by atoms with van der Waals surface area (Å²) in [6, 6.07) is 11.9. The lowest BCUT2D eigenvalue weighted by Crippen LogP contribution is -2.59. The third-order valence-corrected chi connectivity index (χ3v) is 5.36. The lowest BCUT2D eigenvalue weighted by Gasteiger charge is -2.42.